The van der Waals surface area contributed by atoms with Gasteiger partial charge < -0.3 is 9.64 Å². The van der Waals surface area contributed by atoms with Gasteiger partial charge in [0.05, 0.1) is 18.2 Å². The van der Waals surface area contributed by atoms with Crippen molar-refractivity contribution in [2.24, 2.45) is 0 Å². The van der Waals surface area contributed by atoms with Gasteiger partial charge >= 0.3 is 0 Å². The molecular formula is C22H19NO3S. The summed E-state index contributed by atoms with van der Waals surface area (Å²) in [4.78, 5) is 26.3. The molecule has 2 heterocycles. The Hall–Kier alpha value is -2.76. The lowest BCUT2D eigenvalue weighted by Gasteiger charge is -2.28. The highest BCUT2D eigenvalue weighted by Gasteiger charge is 2.14. The highest BCUT2D eigenvalue weighted by atomic mass is 32.1. The summed E-state index contributed by atoms with van der Waals surface area (Å²) in [6.07, 6.45) is 0.854. The first-order valence-electron chi connectivity index (χ1n) is 8.87. The number of morpholine rings is 1. The van der Waals surface area contributed by atoms with Crippen molar-refractivity contribution in [2.45, 2.75) is 0 Å². The Balaban J connectivity index is 1.64. The largest absolute Gasteiger partial charge is 0.378 e. The van der Waals surface area contributed by atoms with Crippen molar-refractivity contribution in [3.63, 3.8) is 0 Å². The predicted molar refractivity (Wildman–Crippen MR) is 110 cm³/mol. The van der Waals surface area contributed by atoms with Crippen molar-refractivity contribution in [3.05, 3.63) is 76.5 Å². The summed E-state index contributed by atoms with van der Waals surface area (Å²) in [6.45, 7) is 3.01. The molecule has 4 nitrogen and oxygen atoms in total. The van der Waals surface area contributed by atoms with Crippen LogP contribution in [-0.4, -0.2) is 32.6 Å². The Morgan fingerprint density at radius 2 is 1.63 bits per heavy atom. The minimum absolute atomic E-state index is 0.0213. The van der Waals surface area contributed by atoms with Gasteiger partial charge in [0, 0.05) is 35.7 Å². The quantitative estimate of drug-likeness (QED) is 0.643. The molecule has 0 aliphatic carbocycles. The molecule has 0 atom stereocenters. The number of carbonyl (C=O) groups excluding carboxylic acids is 1. The third-order valence-corrected chi connectivity index (χ3v) is 5.76. The van der Waals surface area contributed by atoms with E-state index in [9.17, 15) is 9.59 Å². The van der Waals surface area contributed by atoms with E-state index < -0.39 is 0 Å². The zero-order valence-corrected chi connectivity index (χ0v) is 15.6. The van der Waals surface area contributed by atoms with Crippen LogP contribution in [0, 0.1) is 0 Å². The molecule has 4 rings (SSSR count). The second kappa shape index (κ2) is 7.86. The number of hydrogen-bond donors (Lipinski definition) is 0. The molecule has 136 valence electrons. The van der Waals surface area contributed by atoms with Crippen LogP contribution in [0.25, 0.3) is 21.6 Å². The van der Waals surface area contributed by atoms with Crippen LogP contribution in [0.15, 0.2) is 65.5 Å². The molecule has 0 N–H and O–H groups in total. The van der Waals surface area contributed by atoms with Gasteiger partial charge in [0.1, 0.15) is 6.29 Å². The maximum atomic E-state index is 12.2. The summed E-state index contributed by atoms with van der Waals surface area (Å²) in [6, 6.07) is 19.0. The molecule has 0 spiro atoms. The number of anilines is 1. The average molecular weight is 377 g/mol. The monoisotopic (exact) mass is 377 g/mol. The molecule has 1 aromatic heterocycles. The van der Waals surface area contributed by atoms with Crippen LogP contribution in [0.5, 0.6) is 0 Å². The first-order valence-corrected chi connectivity index (χ1v) is 9.68. The molecule has 2 aromatic carbocycles. The van der Waals surface area contributed by atoms with Crippen molar-refractivity contribution < 1.29 is 9.53 Å². The molecule has 3 aromatic rings. The molecular weight excluding hydrogens is 358 g/mol. The average Bonchev–Trinajstić information content (AvgIpc) is 2.74. The molecule has 1 fully saturated rings. The van der Waals surface area contributed by atoms with E-state index >= 15 is 0 Å². The van der Waals surface area contributed by atoms with Gasteiger partial charge in [-0.15, -0.1) is 11.3 Å². The standard InChI is InChI=1S/C22H19NO3S/c24-15-16-2-1-3-19(12-16)17-4-6-18(7-5-17)21-13-20(25)14-22(27-21)23-8-10-26-11-9-23/h1-7,12-15H,8-11H2. The number of benzene rings is 2. The fourth-order valence-electron chi connectivity index (χ4n) is 3.16. The van der Waals surface area contributed by atoms with Crippen molar-refractivity contribution in [2.75, 3.05) is 31.2 Å². The number of rotatable bonds is 4. The van der Waals surface area contributed by atoms with Crippen molar-refractivity contribution in [1.82, 2.24) is 0 Å². The van der Waals surface area contributed by atoms with Gasteiger partial charge in [0.2, 0.25) is 0 Å². The highest BCUT2D eigenvalue weighted by Crippen LogP contribution is 2.31. The van der Waals surface area contributed by atoms with Crippen LogP contribution < -0.4 is 10.3 Å². The van der Waals surface area contributed by atoms with E-state index in [0.29, 0.717) is 18.8 Å². The highest BCUT2D eigenvalue weighted by molar-refractivity contribution is 7.19. The molecule has 0 radical (unpaired) electrons. The zero-order valence-electron chi connectivity index (χ0n) is 14.8. The molecule has 0 amide bonds. The van der Waals surface area contributed by atoms with Crippen molar-refractivity contribution in [1.29, 1.82) is 0 Å². The number of ether oxygens (including phenoxy) is 1. The van der Waals surface area contributed by atoms with Crippen LogP contribution in [0.1, 0.15) is 10.4 Å². The number of aldehydes is 1. The Morgan fingerprint density at radius 3 is 2.37 bits per heavy atom. The van der Waals surface area contributed by atoms with E-state index in [4.69, 9.17) is 4.74 Å². The van der Waals surface area contributed by atoms with Crippen LogP contribution in [0.2, 0.25) is 0 Å². The smallest absolute Gasteiger partial charge is 0.182 e. The lowest BCUT2D eigenvalue weighted by molar-refractivity contribution is 0.112. The number of nitrogens with zero attached hydrogens (tertiary/aromatic N) is 1. The molecule has 0 unspecified atom stereocenters. The summed E-state index contributed by atoms with van der Waals surface area (Å²) in [5.74, 6) is 0. The molecule has 0 bridgehead atoms. The third-order valence-electron chi connectivity index (χ3n) is 4.60. The van der Waals surface area contributed by atoms with E-state index in [0.717, 1.165) is 45.9 Å². The van der Waals surface area contributed by atoms with Crippen molar-refractivity contribution in [3.8, 4) is 21.6 Å². The fourth-order valence-corrected chi connectivity index (χ4v) is 4.31. The number of carbonyl (C=O) groups is 1. The minimum Gasteiger partial charge on any atom is -0.378 e. The summed E-state index contributed by atoms with van der Waals surface area (Å²) in [5.41, 5.74) is 3.74. The van der Waals surface area contributed by atoms with Gasteiger partial charge in [-0.05, 0) is 22.8 Å². The lowest BCUT2D eigenvalue weighted by Crippen LogP contribution is -2.36. The first kappa shape index (κ1) is 17.6. The summed E-state index contributed by atoms with van der Waals surface area (Å²) in [5, 5.41) is 0.989. The third kappa shape index (κ3) is 3.99. The SMILES string of the molecule is O=Cc1cccc(-c2ccc(-c3cc(=O)cc(N4CCOCC4)s3)cc2)c1. The normalized spacial score (nSPS) is 14.1. The van der Waals surface area contributed by atoms with Crippen LogP contribution in [-0.2, 0) is 4.74 Å². The molecule has 27 heavy (non-hydrogen) atoms. The van der Waals surface area contributed by atoms with Crippen molar-refractivity contribution >= 4 is 22.6 Å². The summed E-state index contributed by atoms with van der Waals surface area (Å²) >= 11 is 1.63. The minimum atomic E-state index is 0.0213. The Kier molecular flexibility index (Phi) is 5.14. The van der Waals surface area contributed by atoms with Crippen LogP contribution in [0.3, 0.4) is 0 Å². The molecule has 0 saturated carbocycles. The van der Waals surface area contributed by atoms with Crippen LogP contribution >= 0.6 is 11.3 Å². The van der Waals surface area contributed by atoms with Gasteiger partial charge in [0.25, 0.3) is 0 Å². The van der Waals surface area contributed by atoms with Gasteiger partial charge in [-0.3, -0.25) is 9.59 Å². The topological polar surface area (TPSA) is 46.6 Å². The van der Waals surface area contributed by atoms with Gasteiger partial charge in [-0.2, -0.15) is 0 Å². The maximum absolute atomic E-state index is 12.2. The van der Waals surface area contributed by atoms with E-state index in [1.165, 1.54) is 0 Å². The van der Waals surface area contributed by atoms with E-state index in [2.05, 4.69) is 4.90 Å². The lowest BCUT2D eigenvalue weighted by atomic mass is 10.0. The molecule has 1 aliphatic rings. The second-order valence-corrected chi connectivity index (χ2v) is 7.48. The zero-order chi connectivity index (χ0) is 18.6. The van der Waals surface area contributed by atoms with E-state index in [1.54, 1.807) is 29.5 Å². The fraction of sp³-hybridized carbons (Fsp3) is 0.182. The summed E-state index contributed by atoms with van der Waals surface area (Å²) < 4.78 is 5.40. The van der Waals surface area contributed by atoms with Gasteiger partial charge in [-0.1, -0.05) is 42.5 Å². The van der Waals surface area contributed by atoms with E-state index in [-0.39, 0.29) is 5.43 Å². The predicted octanol–water partition coefficient (Wildman–Crippen LogP) is 4.09. The molecule has 1 saturated heterocycles. The van der Waals surface area contributed by atoms with Gasteiger partial charge in [0.15, 0.2) is 5.43 Å². The first-order chi connectivity index (χ1) is 13.2. The van der Waals surface area contributed by atoms with E-state index in [1.807, 2.05) is 42.5 Å². The van der Waals surface area contributed by atoms with Crippen LogP contribution in [0.4, 0.5) is 5.00 Å². The number of hydrogen-bond acceptors (Lipinski definition) is 5. The Labute approximate surface area is 161 Å². The Morgan fingerprint density at radius 1 is 0.889 bits per heavy atom. The summed E-state index contributed by atoms with van der Waals surface area (Å²) in [7, 11) is 0. The second-order valence-electron chi connectivity index (χ2n) is 6.42. The maximum Gasteiger partial charge on any atom is 0.182 e. The molecule has 1 aliphatic heterocycles. The molecule has 5 heteroatoms. The Bertz CT molecular complexity index is 1000. The van der Waals surface area contributed by atoms with Gasteiger partial charge in [-0.25, -0.2) is 0 Å².